The number of Topliss-reactive ketones (excluding diaryl/α,β-unsaturated/α-hetero) is 2. The molecule has 0 spiro atoms. The van der Waals surface area contributed by atoms with Crippen molar-refractivity contribution < 1.29 is 39.6 Å². The third-order valence-electron chi connectivity index (χ3n) is 7.32. The van der Waals surface area contributed by atoms with Crippen LogP contribution in [0.4, 0.5) is 5.69 Å². The summed E-state index contributed by atoms with van der Waals surface area (Å²) >= 11 is 0. The quantitative estimate of drug-likeness (QED) is 0.369. The molecule has 186 valence electrons. The van der Waals surface area contributed by atoms with Crippen LogP contribution in [0.1, 0.15) is 32.7 Å². The number of likely N-dealkylation sites (N-methyl/N-ethyl adjacent to an activating group) is 1. The van der Waals surface area contributed by atoms with Crippen LogP contribution in [0, 0.1) is 11.8 Å². The molecule has 0 bridgehead atoms. The van der Waals surface area contributed by atoms with E-state index in [2.05, 4.69) is 0 Å². The zero-order valence-electron chi connectivity index (χ0n) is 19.7. The van der Waals surface area contributed by atoms with Crippen LogP contribution in [0.2, 0.25) is 0 Å². The van der Waals surface area contributed by atoms with E-state index in [-0.39, 0.29) is 29.5 Å². The summed E-state index contributed by atoms with van der Waals surface area (Å²) in [5, 5.41) is 43.4. The van der Waals surface area contributed by atoms with E-state index < -0.39 is 64.0 Å². The number of ketones is 2. The molecule has 0 aromatic heterocycles. The Bertz CT molecular complexity index is 1260. The number of anilines is 1. The normalized spacial score (nSPS) is 28.0. The number of aliphatic hydroxyl groups excluding tert-OH is 2. The van der Waals surface area contributed by atoms with Gasteiger partial charge in [0.05, 0.1) is 11.6 Å². The van der Waals surface area contributed by atoms with Crippen molar-refractivity contribution in [2.75, 3.05) is 33.1 Å². The number of aliphatic hydroxyl groups is 3. The van der Waals surface area contributed by atoms with Crippen LogP contribution >= 0.6 is 0 Å². The summed E-state index contributed by atoms with van der Waals surface area (Å²) in [4.78, 5) is 54.1. The summed E-state index contributed by atoms with van der Waals surface area (Å²) in [5.41, 5.74) is 2.21. The number of carboxylic acids is 1. The maximum atomic E-state index is 13.7. The summed E-state index contributed by atoms with van der Waals surface area (Å²) in [6.45, 7) is 0. The minimum Gasteiger partial charge on any atom is -0.510 e. The van der Waals surface area contributed by atoms with Gasteiger partial charge in [-0.1, -0.05) is 0 Å². The summed E-state index contributed by atoms with van der Waals surface area (Å²) in [5.74, 6) is -8.06. The minimum atomic E-state index is -2.70. The first kappa shape index (κ1) is 24.4. The smallest absolute Gasteiger partial charge is 0.336 e. The fraction of sp³-hybridized carbons (Fsp3) is 0.417. The highest BCUT2D eigenvalue weighted by Crippen LogP contribution is 2.52. The number of rotatable bonds is 4. The number of nitrogens with zero attached hydrogens (tertiary/aromatic N) is 2. The number of benzene rings is 1. The standard InChI is InChI=1S/C24H27N3O8/c1-26(2)13-6-5-10(23(33)34)15-11(13)7-9-8-12-17(27(3)4)19(29)16(22(25)32)21(31)24(12,35)20(30)14(9)18(15)28/h5-6,9,12,17,29-30,35H,7-8H2,1-4H3,(H2,25,32)(H,33,34)/t9-,12-,17-,24-/m0/s1. The Morgan fingerprint density at radius 3 is 2.26 bits per heavy atom. The number of carbonyl (C=O) groups excluding carboxylic acids is 3. The van der Waals surface area contributed by atoms with Crippen LogP contribution in [0.25, 0.3) is 0 Å². The summed E-state index contributed by atoms with van der Waals surface area (Å²) in [7, 11) is 6.63. The van der Waals surface area contributed by atoms with Crippen molar-refractivity contribution in [3.05, 3.63) is 51.5 Å². The Hall–Kier alpha value is -3.70. The Morgan fingerprint density at radius 2 is 1.74 bits per heavy atom. The van der Waals surface area contributed by atoms with E-state index in [0.29, 0.717) is 11.3 Å². The lowest BCUT2D eigenvalue weighted by Gasteiger charge is -2.50. The van der Waals surface area contributed by atoms with E-state index in [0.717, 1.165) is 0 Å². The number of hydrogen-bond acceptors (Lipinski definition) is 9. The number of aromatic carboxylic acids is 1. The number of hydrogen-bond donors (Lipinski definition) is 5. The Morgan fingerprint density at radius 1 is 1.11 bits per heavy atom. The molecule has 0 saturated carbocycles. The van der Waals surface area contributed by atoms with Crippen molar-refractivity contribution >= 4 is 29.1 Å². The second-order valence-corrected chi connectivity index (χ2v) is 9.65. The maximum Gasteiger partial charge on any atom is 0.336 e. The van der Waals surface area contributed by atoms with E-state index >= 15 is 0 Å². The van der Waals surface area contributed by atoms with Crippen molar-refractivity contribution in [3.63, 3.8) is 0 Å². The third kappa shape index (κ3) is 3.18. The minimum absolute atomic E-state index is 0.00404. The molecule has 0 aliphatic heterocycles. The van der Waals surface area contributed by atoms with Gasteiger partial charge in [-0.15, -0.1) is 0 Å². The molecular formula is C24H27N3O8. The molecule has 1 aromatic rings. The number of fused-ring (bicyclic) bond motifs is 3. The second kappa shape index (κ2) is 7.92. The topological polar surface area (TPSA) is 182 Å². The summed E-state index contributed by atoms with van der Waals surface area (Å²) < 4.78 is 0. The van der Waals surface area contributed by atoms with Gasteiger partial charge in [0.25, 0.3) is 5.91 Å². The molecule has 0 radical (unpaired) electrons. The molecule has 35 heavy (non-hydrogen) atoms. The average molecular weight is 485 g/mol. The highest BCUT2D eigenvalue weighted by Gasteiger charge is 2.63. The van der Waals surface area contributed by atoms with Crippen LogP contribution in [-0.2, 0) is 16.0 Å². The molecule has 3 aliphatic rings. The van der Waals surface area contributed by atoms with Crippen LogP contribution in [0.5, 0.6) is 0 Å². The lowest BCUT2D eigenvalue weighted by Crippen LogP contribution is -2.63. The number of allylic oxidation sites excluding steroid dienone is 1. The van der Waals surface area contributed by atoms with Crippen molar-refractivity contribution in [1.82, 2.24) is 4.90 Å². The zero-order valence-corrected chi connectivity index (χ0v) is 19.7. The Labute approximate surface area is 200 Å². The van der Waals surface area contributed by atoms with Crippen LogP contribution in [0.3, 0.4) is 0 Å². The van der Waals surface area contributed by atoms with E-state index in [1.807, 2.05) is 0 Å². The highest BCUT2D eigenvalue weighted by molar-refractivity contribution is 6.25. The summed E-state index contributed by atoms with van der Waals surface area (Å²) in [6, 6.07) is 1.84. The molecule has 4 rings (SSSR count). The second-order valence-electron chi connectivity index (χ2n) is 9.65. The molecule has 1 amide bonds. The first-order valence-electron chi connectivity index (χ1n) is 11.0. The molecule has 11 heteroatoms. The number of carbonyl (C=O) groups is 4. The predicted molar refractivity (Wildman–Crippen MR) is 123 cm³/mol. The van der Waals surface area contributed by atoms with E-state index in [1.165, 1.54) is 11.0 Å². The van der Waals surface area contributed by atoms with Crippen molar-refractivity contribution in [3.8, 4) is 0 Å². The molecule has 0 saturated heterocycles. The van der Waals surface area contributed by atoms with Crippen molar-refractivity contribution in [2.45, 2.75) is 24.5 Å². The molecular weight excluding hydrogens is 458 g/mol. The first-order chi connectivity index (χ1) is 16.2. The highest BCUT2D eigenvalue weighted by atomic mass is 16.4. The number of nitrogens with two attached hydrogens (primary N) is 1. The number of carboxylic acid groups (broad SMARTS) is 1. The average Bonchev–Trinajstić information content (AvgIpc) is 2.74. The fourth-order valence-electron chi connectivity index (χ4n) is 5.85. The molecule has 6 N–H and O–H groups in total. The Balaban J connectivity index is 2.01. The van der Waals surface area contributed by atoms with Gasteiger partial charge in [-0.3, -0.25) is 19.3 Å². The largest absolute Gasteiger partial charge is 0.510 e. The fourth-order valence-corrected chi connectivity index (χ4v) is 5.85. The van der Waals surface area contributed by atoms with Crippen LogP contribution in [-0.4, -0.2) is 88.6 Å². The van der Waals surface area contributed by atoms with Gasteiger partial charge in [-0.2, -0.15) is 0 Å². The van der Waals surface area contributed by atoms with Crippen LogP contribution in [0.15, 0.2) is 34.8 Å². The Kier molecular flexibility index (Phi) is 5.53. The lowest BCUT2D eigenvalue weighted by atomic mass is 9.58. The molecule has 3 aliphatic carbocycles. The number of amides is 1. The summed E-state index contributed by atoms with van der Waals surface area (Å²) in [6.07, 6.45) is 0.152. The van der Waals surface area contributed by atoms with Gasteiger partial charge in [0.1, 0.15) is 17.1 Å². The third-order valence-corrected chi connectivity index (χ3v) is 7.32. The van der Waals surface area contributed by atoms with Gasteiger partial charge in [0, 0.05) is 36.8 Å². The van der Waals surface area contributed by atoms with Gasteiger partial charge in [-0.25, -0.2) is 4.79 Å². The van der Waals surface area contributed by atoms with Crippen molar-refractivity contribution in [1.29, 1.82) is 0 Å². The zero-order chi connectivity index (χ0) is 26.1. The SMILES string of the molecule is CN(C)c1ccc(C(=O)O)c2c1C[C@H]1C[C@H]3[C@H](N(C)C)C(O)=C(C(N)=O)C(=O)[C@@]3(O)C(O)=C1C2=O. The molecule has 0 heterocycles. The van der Waals surface area contributed by atoms with Crippen LogP contribution < -0.4 is 10.6 Å². The number of primary amides is 1. The van der Waals surface area contributed by atoms with Gasteiger partial charge in [0.15, 0.2) is 11.4 Å². The van der Waals surface area contributed by atoms with Gasteiger partial charge in [-0.05, 0) is 50.6 Å². The molecule has 4 atom stereocenters. The molecule has 0 unspecified atom stereocenters. The monoisotopic (exact) mass is 485 g/mol. The molecule has 1 aromatic carbocycles. The van der Waals surface area contributed by atoms with Gasteiger partial charge >= 0.3 is 5.97 Å². The molecule has 11 nitrogen and oxygen atoms in total. The van der Waals surface area contributed by atoms with Gasteiger partial charge in [0.2, 0.25) is 5.78 Å². The van der Waals surface area contributed by atoms with E-state index in [9.17, 15) is 39.6 Å². The van der Waals surface area contributed by atoms with E-state index in [1.54, 1.807) is 39.2 Å². The van der Waals surface area contributed by atoms with E-state index in [4.69, 9.17) is 5.73 Å². The predicted octanol–water partition coefficient (Wildman–Crippen LogP) is 0.179. The molecule has 0 fully saturated rings. The first-order valence-corrected chi connectivity index (χ1v) is 11.0. The lowest BCUT2D eigenvalue weighted by molar-refractivity contribution is -0.148. The van der Waals surface area contributed by atoms with Gasteiger partial charge < -0.3 is 31.1 Å². The van der Waals surface area contributed by atoms with Crippen molar-refractivity contribution in [2.24, 2.45) is 17.6 Å². The maximum absolute atomic E-state index is 13.7.